The molecule has 0 amide bonds. The molecule has 0 aromatic carbocycles. The number of furan rings is 1. The minimum absolute atomic E-state index is 0.595. The lowest BCUT2D eigenvalue weighted by atomic mass is 10.5. The van der Waals surface area contributed by atoms with Gasteiger partial charge < -0.3 is 4.42 Å². The fourth-order valence-corrected chi connectivity index (χ4v) is 0.704. The SMILES string of the molecule is CC.c1cnc2occc2n1. The number of hydrogen-bond donors (Lipinski definition) is 0. The van der Waals surface area contributed by atoms with Gasteiger partial charge in [0, 0.05) is 18.5 Å². The lowest BCUT2D eigenvalue weighted by Gasteiger charge is -1.80. The summed E-state index contributed by atoms with van der Waals surface area (Å²) in [4.78, 5) is 7.90. The average molecular weight is 150 g/mol. The first-order valence-corrected chi connectivity index (χ1v) is 3.61. The normalized spacial score (nSPS) is 8.91. The molecule has 0 spiro atoms. The second-order valence-electron chi connectivity index (χ2n) is 1.67. The van der Waals surface area contributed by atoms with Crippen molar-refractivity contribution in [1.82, 2.24) is 9.97 Å². The molecule has 2 aromatic rings. The minimum atomic E-state index is 0.595. The highest BCUT2D eigenvalue weighted by Gasteiger charge is 1.93. The van der Waals surface area contributed by atoms with Crippen LogP contribution in [-0.4, -0.2) is 9.97 Å². The second-order valence-corrected chi connectivity index (χ2v) is 1.67. The molecule has 3 nitrogen and oxygen atoms in total. The van der Waals surface area contributed by atoms with Crippen LogP contribution in [0.3, 0.4) is 0 Å². The van der Waals surface area contributed by atoms with E-state index in [1.807, 2.05) is 13.8 Å². The number of rotatable bonds is 0. The van der Waals surface area contributed by atoms with Gasteiger partial charge in [0.1, 0.15) is 5.52 Å². The van der Waals surface area contributed by atoms with Crippen LogP contribution in [0.15, 0.2) is 29.1 Å². The highest BCUT2D eigenvalue weighted by Crippen LogP contribution is 2.06. The zero-order valence-corrected chi connectivity index (χ0v) is 6.61. The van der Waals surface area contributed by atoms with E-state index in [9.17, 15) is 0 Å². The Hall–Kier alpha value is -1.38. The maximum Gasteiger partial charge on any atom is 0.244 e. The molecule has 0 bridgehead atoms. The monoisotopic (exact) mass is 150 g/mol. The topological polar surface area (TPSA) is 38.9 Å². The van der Waals surface area contributed by atoms with Crippen molar-refractivity contribution >= 4 is 11.2 Å². The standard InChI is InChI=1S/C6H4N2O.C2H6/c1-4-9-6-5(1)7-2-3-8-6;1-2/h1-4H;1-2H3. The summed E-state index contributed by atoms with van der Waals surface area (Å²) < 4.78 is 4.94. The van der Waals surface area contributed by atoms with Gasteiger partial charge in [-0.05, 0) is 0 Å². The van der Waals surface area contributed by atoms with Crippen molar-refractivity contribution in [3.8, 4) is 0 Å². The van der Waals surface area contributed by atoms with Gasteiger partial charge in [0.2, 0.25) is 5.71 Å². The Morgan fingerprint density at radius 2 is 1.91 bits per heavy atom. The van der Waals surface area contributed by atoms with E-state index in [-0.39, 0.29) is 0 Å². The molecule has 0 aliphatic rings. The first-order valence-electron chi connectivity index (χ1n) is 3.61. The lowest BCUT2D eigenvalue weighted by Crippen LogP contribution is -1.73. The molecule has 0 aliphatic heterocycles. The van der Waals surface area contributed by atoms with Crippen molar-refractivity contribution in [2.75, 3.05) is 0 Å². The summed E-state index contributed by atoms with van der Waals surface area (Å²) in [6.45, 7) is 4.00. The third-order valence-electron chi connectivity index (χ3n) is 1.10. The largest absolute Gasteiger partial charge is 0.445 e. The van der Waals surface area contributed by atoms with Gasteiger partial charge >= 0.3 is 0 Å². The van der Waals surface area contributed by atoms with Crippen molar-refractivity contribution < 1.29 is 4.42 Å². The number of nitrogens with zero attached hydrogens (tertiary/aromatic N) is 2. The van der Waals surface area contributed by atoms with E-state index in [1.54, 1.807) is 24.7 Å². The van der Waals surface area contributed by atoms with Gasteiger partial charge in [-0.3, -0.25) is 0 Å². The number of hydrogen-bond acceptors (Lipinski definition) is 3. The van der Waals surface area contributed by atoms with Crippen LogP contribution >= 0.6 is 0 Å². The maximum absolute atomic E-state index is 4.94. The van der Waals surface area contributed by atoms with Crippen molar-refractivity contribution in [1.29, 1.82) is 0 Å². The summed E-state index contributed by atoms with van der Waals surface area (Å²) in [6.07, 6.45) is 4.81. The minimum Gasteiger partial charge on any atom is -0.445 e. The van der Waals surface area contributed by atoms with Crippen LogP contribution in [0.2, 0.25) is 0 Å². The van der Waals surface area contributed by atoms with E-state index in [4.69, 9.17) is 4.42 Å². The van der Waals surface area contributed by atoms with Crippen LogP contribution < -0.4 is 0 Å². The van der Waals surface area contributed by atoms with Crippen LogP contribution in [0.5, 0.6) is 0 Å². The van der Waals surface area contributed by atoms with Crippen molar-refractivity contribution in [2.45, 2.75) is 13.8 Å². The Balaban J connectivity index is 0.000000281. The van der Waals surface area contributed by atoms with Gasteiger partial charge in [0.25, 0.3) is 0 Å². The molecule has 0 atom stereocenters. The number of fused-ring (bicyclic) bond motifs is 1. The third kappa shape index (κ3) is 1.55. The Morgan fingerprint density at radius 3 is 2.64 bits per heavy atom. The predicted molar refractivity (Wildman–Crippen MR) is 43.2 cm³/mol. The Morgan fingerprint density at radius 1 is 1.18 bits per heavy atom. The van der Waals surface area contributed by atoms with Crippen LogP contribution in [0, 0.1) is 0 Å². The first-order chi connectivity index (χ1) is 5.47. The average Bonchev–Trinajstić information content (AvgIpc) is 2.55. The molecule has 0 aliphatic carbocycles. The fourth-order valence-electron chi connectivity index (χ4n) is 0.704. The zero-order valence-electron chi connectivity index (χ0n) is 6.61. The summed E-state index contributed by atoms with van der Waals surface area (Å²) in [5, 5.41) is 0. The van der Waals surface area contributed by atoms with Crippen LogP contribution in [0.1, 0.15) is 13.8 Å². The smallest absolute Gasteiger partial charge is 0.244 e. The van der Waals surface area contributed by atoms with Crippen molar-refractivity contribution in [3.63, 3.8) is 0 Å². The maximum atomic E-state index is 4.94. The van der Waals surface area contributed by atoms with E-state index < -0.39 is 0 Å². The van der Waals surface area contributed by atoms with Crippen molar-refractivity contribution in [3.05, 3.63) is 24.7 Å². The molecular weight excluding hydrogens is 140 g/mol. The fraction of sp³-hybridized carbons (Fsp3) is 0.250. The lowest BCUT2D eigenvalue weighted by molar-refractivity contribution is 0.602. The van der Waals surface area contributed by atoms with E-state index in [1.165, 1.54) is 0 Å². The molecule has 2 aromatic heterocycles. The summed E-state index contributed by atoms with van der Waals surface area (Å²) in [5.41, 5.74) is 1.40. The van der Waals surface area contributed by atoms with Gasteiger partial charge in [-0.1, -0.05) is 13.8 Å². The predicted octanol–water partition coefficient (Wildman–Crippen LogP) is 2.25. The van der Waals surface area contributed by atoms with Crippen LogP contribution in [0.25, 0.3) is 11.2 Å². The molecule has 3 heteroatoms. The molecule has 0 N–H and O–H groups in total. The van der Waals surface area contributed by atoms with Crippen molar-refractivity contribution in [2.24, 2.45) is 0 Å². The van der Waals surface area contributed by atoms with E-state index in [0.29, 0.717) is 5.71 Å². The van der Waals surface area contributed by atoms with Gasteiger partial charge in [0.15, 0.2) is 0 Å². The molecule has 2 rings (SSSR count). The molecule has 0 saturated carbocycles. The second kappa shape index (κ2) is 3.71. The highest BCUT2D eigenvalue weighted by molar-refractivity contribution is 5.66. The molecule has 11 heavy (non-hydrogen) atoms. The van der Waals surface area contributed by atoms with Crippen LogP contribution in [0.4, 0.5) is 0 Å². The molecule has 0 unspecified atom stereocenters. The summed E-state index contributed by atoms with van der Waals surface area (Å²) in [5.74, 6) is 0. The van der Waals surface area contributed by atoms with Gasteiger partial charge in [-0.2, -0.15) is 0 Å². The quantitative estimate of drug-likeness (QED) is 0.578. The molecule has 2 heterocycles. The highest BCUT2D eigenvalue weighted by atomic mass is 16.3. The summed E-state index contributed by atoms with van der Waals surface area (Å²) in [7, 11) is 0. The van der Waals surface area contributed by atoms with E-state index >= 15 is 0 Å². The van der Waals surface area contributed by atoms with E-state index in [2.05, 4.69) is 9.97 Å². The van der Waals surface area contributed by atoms with E-state index in [0.717, 1.165) is 5.52 Å². The Kier molecular flexibility index (Phi) is 2.60. The first kappa shape index (κ1) is 7.72. The van der Waals surface area contributed by atoms with Gasteiger partial charge in [-0.15, -0.1) is 0 Å². The van der Waals surface area contributed by atoms with Gasteiger partial charge in [-0.25, -0.2) is 9.97 Å². The number of aromatic nitrogens is 2. The summed E-state index contributed by atoms with van der Waals surface area (Å²) in [6, 6.07) is 1.78. The molecule has 0 fully saturated rings. The molecule has 0 radical (unpaired) electrons. The molecule has 58 valence electrons. The summed E-state index contributed by atoms with van der Waals surface area (Å²) >= 11 is 0. The molecule has 0 saturated heterocycles. The Bertz CT molecular complexity index is 286. The third-order valence-corrected chi connectivity index (χ3v) is 1.10. The Labute approximate surface area is 65.1 Å². The zero-order chi connectivity index (χ0) is 8.10. The van der Waals surface area contributed by atoms with Gasteiger partial charge in [0.05, 0.1) is 6.26 Å². The van der Waals surface area contributed by atoms with Crippen LogP contribution in [-0.2, 0) is 0 Å². The molecular formula is C8H10N2O.